The van der Waals surface area contributed by atoms with Crippen LogP contribution in [0.1, 0.15) is 26.4 Å². The molecule has 0 radical (unpaired) electrons. The highest BCUT2D eigenvalue weighted by molar-refractivity contribution is 6.31. The van der Waals surface area contributed by atoms with Crippen molar-refractivity contribution >= 4 is 34.4 Å². The summed E-state index contributed by atoms with van der Waals surface area (Å²) < 4.78 is 1.64. The second kappa shape index (κ2) is 7.96. The fourth-order valence-electron chi connectivity index (χ4n) is 3.26. The van der Waals surface area contributed by atoms with E-state index in [1.165, 1.54) is 6.07 Å². The summed E-state index contributed by atoms with van der Waals surface area (Å²) in [6.45, 7) is 1.81. The van der Waals surface area contributed by atoms with Crippen molar-refractivity contribution in [3.8, 4) is 11.3 Å². The van der Waals surface area contributed by atoms with E-state index in [9.17, 15) is 9.59 Å². The lowest BCUT2D eigenvalue weighted by atomic mass is 10.1. The van der Waals surface area contributed by atoms with Crippen molar-refractivity contribution in [3.63, 3.8) is 0 Å². The molecule has 0 saturated heterocycles. The number of hydrogen-bond donors (Lipinski definition) is 2. The van der Waals surface area contributed by atoms with Gasteiger partial charge in [0, 0.05) is 23.2 Å². The first-order valence-corrected chi connectivity index (χ1v) is 9.58. The Bertz CT molecular complexity index is 1270. The number of aromatic nitrogens is 3. The normalized spacial score (nSPS) is 10.8. The van der Waals surface area contributed by atoms with Gasteiger partial charge in [0.2, 0.25) is 0 Å². The summed E-state index contributed by atoms with van der Waals surface area (Å²) in [6, 6.07) is 17.7. The van der Waals surface area contributed by atoms with Gasteiger partial charge >= 0.3 is 0 Å². The van der Waals surface area contributed by atoms with Crippen molar-refractivity contribution < 1.29 is 9.59 Å². The minimum Gasteiger partial charge on any atom is -0.267 e. The number of carbonyl (C=O) groups excluding carboxylic acids is 2. The molecule has 2 heterocycles. The third kappa shape index (κ3) is 3.75. The SMILES string of the molecule is Cc1nn(C)c2nc(-c3ccccc3)cc(C(=O)NNC(=O)c3cccc(Cl)c3)c12. The Kier molecular flexibility index (Phi) is 5.20. The fraction of sp³-hybridized carbons (Fsp3) is 0.0909. The molecule has 7 nitrogen and oxygen atoms in total. The van der Waals surface area contributed by atoms with Crippen LogP contribution in [0.2, 0.25) is 5.02 Å². The van der Waals surface area contributed by atoms with Crippen LogP contribution in [-0.4, -0.2) is 26.6 Å². The van der Waals surface area contributed by atoms with Gasteiger partial charge in [0.15, 0.2) is 5.65 Å². The summed E-state index contributed by atoms with van der Waals surface area (Å²) >= 11 is 5.92. The topological polar surface area (TPSA) is 88.9 Å². The van der Waals surface area contributed by atoms with E-state index in [0.717, 1.165) is 5.56 Å². The zero-order chi connectivity index (χ0) is 21.3. The van der Waals surface area contributed by atoms with Gasteiger partial charge in [0.05, 0.1) is 22.3 Å². The van der Waals surface area contributed by atoms with Crippen molar-refractivity contribution in [2.75, 3.05) is 0 Å². The molecule has 0 spiro atoms. The predicted octanol–water partition coefficient (Wildman–Crippen LogP) is 3.67. The Balaban J connectivity index is 1.68. The number of hydrogen-bond acceptors (Lipinski definition) is 4. The molecule has 0 unspecified atom stereocenters. The molecule has 0 aliphatic rings. The van der Waals surface area contributed by atoms with Gasteiger partial charge in [-0.1, -0.05) is 48.0 Å². The Labute approximate surface area is 177 Å². The number of halogens is 1. The molecule has 150 valence electrons. The van der Waals surface area contributed by atoms with Crippen molar-refractivity contribution in [2.45, 2.75) is 6.92 Å². The van der Waals surface area contributed by atoms with Crippen LogP contribution in [0.4, 0.5) is 0 Å². The van der Waals surface area contributed by atoms with Gasteiger partial charge in [0.1, 0.15) is 0 Å². The number of aryl methyl sites for hydroxylation is 2. The molecule has 4 rings (SSSR count). The van der Waals surface area contributed by atoms with Crippen LogP contribution in [0.25, 0.3) is 22.3 Å². The minimum absolute atomic E-state index is 0.338. The van der Waals surface area contributed by atoms with E-state index in [1.54, 1.807) is 36.0 Å². The number of nitrogens with zero attached hydrogens (tertiary/aromatic N) is 3. The largest absolute Gasteiger partial charge is 0.270 e. The van der Waals surface area contributed by atoms with E-state index in [0.29, 0.717) is 38.6 Å². The average Bonchev–Trinajstić information content (AvgIpc) is 3.05. The molecule has 30 heavy (non-hydrogen) atoms. The summed E-state index contributed by atoms with van der Waals surface area (Å²) in [5.41, 5.74) is 8.38. The van der Waals surface area contributed by atoms with Crippen molar-refractivity contribution in [3.05, 3.63) is 82.5 Å². The number of benzene rings is 2. The van der Waals surface area contributed by atoms with Crippen LogP contribution in [0, 0.1) is 6.92 Å². The molecule has 2 N–H and O–H groups in total. The van der Waals surface area contributed by atoms with Gasteiger partial charge in [0.25, 0.3) is 11.8 Å². The number of amides is 2. The summed E-state index contributed by atoms with van der Waals surface area (Å²) in [4.78, 5) is 30.0. The number of rotatable bonds is 3. The molecule has 0 atom stereocenters. The molecule has 0 saturated carbocycles. The first kappa shape index (κ1) is 19.6. The molecule has 8 heteroatoms. The molecule has 0 fully saturated rings. The zero-order valence-electron chi connectivity index (χ0n) is 16.3. The second-order valence-corrected chi connectivity index (χ2v) is 7.18. The van der Waals surface area contributed by atoms with E-state index < -0.39 is 11.8 Å². The van der Waals surface area contributed by atoms with Crippen molar-refractivity contribution in [2.24, 2.45) is 7.05 Å². The highest BCUT2D eigenvalue weighted by atomic mass is 35.5. The second-order valence-electron chi connectivity index (χ2n) is 6.75. The Hall–Kier alpha value is -3.71. The van der Waals surface area contributed by atoms with Crippen LogP contribution in [0.3, 0.4) is 0 Å². The standard InChI is InChI=1S/C22H18ClN5O2/c1-13-19-17(22(30)26-25-21(29)15-9-6-10-16(23)11-15)12-18(14-7-4-3-5-8-14)24-20(19)28(2)27-13/h3-12H,1-2H3,(H,25,29)(H,26,30). The maximum absolute atomic E-state index is 13.0. The van der Waals surface area contributed by atoms with E-state index in [-0.39, 0.29) is 0 Å². The summed E-state index contributed by atoms with van der Waals surface area (Å²) in [5.74, 6) is -0.937. The van der Waals surface area contributed by atoms with Crippen LogP contribution >= 0.6 is 11.6 Å². The van der Waals surface area contributed by atoms with E-state index in [2.05, 4.69) is 20.9 Å². The van der Waals surface area contributed by atoms with Gasteiger partial charge < -0.3 is 0 Å². The molecule has 2 aromatic heterocycles. The number of fused-ring (bicyclic) bond motifs is 1. The summed E-state index contributed by atoms with van der Waals surface area (Å²) in [6.07, 6.45) is 0. The number of hydrazine groups is 1. The Morgan fingerprint density at radius 2 is 1.70 bits per heavy atom. The summed E-state index contributed by atoms with van der Waals surface area (Å²) in [5, 5.41) is 5.46. The van der Waals surface area contributed by atoms with Gasteiger partial charge in [-0.05, 0) is 31.2 Å². The van der Waals surface area contributed by atoms with Crippen LogP contribution in [0.15, 0.2) is 60.7 Å². The van der Waals surface area contributed by atoms with Gasteiger partial charge in [-0.3, -0.25) is 25.1 Å². The third-order valence-corrected chi connectivity index (χ3v) is 4.89. The maximum atomic E-state index is 13.0. The van der Waals surface area contributed by atoms with Crippen LogP contribution in [-0.2, 0) is 7.05 Å². The summed E-state index contributed by atoms with van der Waals surface area (Å²) in [7, 11) is 1.78. The predicted molar refractivity (Wildman–Crippen MR) is 115 cm³/mol. The fourth-order valence-corrected chi connectivity index (χ4v) is 3.45. The maximum Gasteiger partial charge on any atom is 0.270 e. The van der Waals surface area contributed by atoms with Gasteiger partial charge in [-0.25, -0.2) is 4.98 Å². The van der Waals surface area contributed by atoms with E-state index in [4.69, 9.17) is 11.6 Å². The highest BCUT2D eigenvalue weighted by Crippen LogP contribution is 2.26. The van der Waals surface area contributed by atoms with Crippen LogP contribution < -0.4 is 10.9 Å². The minimum atomic E-state index is -0.470. The molecule has 4 aromatic rings. The molecule has 0 aliphatic heterocycles. The monoisotopic (exact) mass is 419 g/mol. The molecule has 2 aromatic carbocycles. The molecular formula is C22H18ClN5O2. The lowest BCUT2D eigenvalue weighted by Gasteiger charge is -2.10. The lowest BCUT2D eigenvalue weighted by Crippen LogP contribution is -2.41. The van der Waals surface area contributed by atoms with Crippen LogP contribution in [0.5, 0.6) is 0 Å². The zero-order valence-corrected chi connectivity index (χ0v) is 17.1. The first-order chi connectivity index (χ1) is 14.4. The van der Waals surface area contributed by atoms with E-state index in [1.807, 2.05) is 37.3 Å². The highest BCUT2D eigenvalue weighted by Gasteiger charge is 2.20. The lowest BCUT2D eigenvalue weighted by molar-refractivity contribution is 0.0847. The van der Waals surface area contributed by atoms with Gasteiger partial charge in [-0.2, -0.15) is 5.10 Å². The third-order valence-electron chi connectivity index (χ3n) is 4.66. The average molecular weight is 420 g/mol. The number of pyridine rings is 1. The Morgan fingerprint density at radius 1 is 0.967 bits per heavy atom. The molecule has 0 bridgehead atoms. The van der Waals surface area contributed by atoms with Crippen molar-refractivity contribution in [1.29, 1.82) is 0 Å². The van der Waals surface area contributed by atoms with Crippen molar-refractivity contribution in [1.82, 2.24) is 25.6 Å². The smallest absolute Gasteiger partial charge is 0.267 e. The molecule has 2 amide bonds. The molecule has 0 aliphatic carbocycles. The molecular weight excluding hydrogens is 402 g/mol. The number of carbonyl (C=O) groups is 2. The first-order valence-electron chi connectivity index (χ1n) is 9.20. The number of nitrogens with one attached hydrogen (secondary N) is 2. The quantitative estimate of drug-likeness (QED) is 0.496. The van der Waals surface area contributed by atoms with Gasteiger partial charge in [-0.15, -0.1) is 0 Å². The Morgan fingerprint density at radius 3 is 2.43 bits per heavy atom. The van der Waals surface area contributed by atoms with E-state index >= 15 is 0 Å².